The van der Waals surface area contributed by atoms with Crippen molar-refractivity contribution in [3.63, 3.8) is 0 Å². The molecule has 2 rings (SSSR count). The zero-order valence-corrected chi connectivity index (χ0v) is 13.6. The maximum absolute atomic E-state index is 12.0. The standard InChI is InChI=1S/C16H16Cl2N2O2/c1-22-14(12-3-2-4-13(17)8-12)10-20-16(21)7-11-5-6-15(18)19-9-11/h2-6,8-9,14H,7,10H2,1H3,(H,20,21)/t14-/m0/s1. The molecule has 6 heteroatoms. The highest BCUT2D eigenvalue weighted by Gasteiger charge is 2.12. The molecule has 0 radical (unpaired) electrons. The van der Waals surface area contributed by atoms with E-state index in [-0.39, 0.29) is 18.4 Å². The number of aromatic nitrogens is 1. The van der Waals surface area contributed by atoms with Crippen LogP contribution in [0.25, 0.3) is 0 Å². The summed E-state index contributed by atoms with van der Waals surface area (Å²) in [5, 5.41) is 3.89. The molecule has 4 nitrogen and oxygen atoms in total. The van der Waals surface area contributed by atoms with E-state index in [9.17, 15) is 4.79 Å². The van der Waals surface area contributed by atoms with Gasteiger partial charge in [-0.25, -0.2) is 4.98 Å². The van der Waals surface area contributed by atoms with E-state index < -0.39 is 0 Å². The van der Waals surface area contributed by atoms with Gasteiger partial charge in [0.15, 0.2) is 0 Å². The number of nitrogens with zero attached hydrogens (tertiary/aromatic N) is 1. The summed E-state index contributed by atoms with van der Waals surface area (Å²) in [5.41, 5.74) is 1.72. The van der Waals surface area contributed by atoms with E-state index in [4.69, 9.17) is 27.9 Å². The van der Waals surface area contributed by atoms with Gasteiger partial charge in [0.25, 0.3) is 0 Å². The van der Waals surface area contributed by atoms with Gasteiger partial charge < -0.3 is 10.1 Å². The summed E-state index contributed by atoms with van der Waals surface area (Å²) < 4.78 is 5.40. The fourth-order valence-corrected chi connectivity index (χ4v) is 2.32. The van der Waals surface area contributed by atoms with Crippen molar-refractivity contribution in [2.24, 2.45) is 0 Å². The van der Waals surface area contributed by atoms with E-state index in [1.807, 2.05) is 18.2 Å². The SMILES string of the molecule is CO[C@@H](CNC(=O)Cc1ccc(Cl)nc1)c1cccc(Cl)c1. The van der Waals surface area contributed by atoms with Gasteiger partial charge >= 0.3 is 0 Å². The third-order valence-corrected chi connectivity index (χ3v) is 3.60. The number of benzene rings is 1. The number of rotatable bonds is 6. The third-order valence-electron chi connectivity index (χ3n) is 3.14. The number of ether oxygens (including phenoxy) is 1. The first-order chi connectivity index (χ1) is 10.6. The lowest BCUT2D eigenvalue weighted by Gasteiger charge is -2.16. The molecule has 22 heavy (non-hydrogen) atoms. The second kappa shape index (κ2) is 8.13. The smallest absolute Gasteiger partial charge is 0.224 e. The summed E-state index contributed by atoms with van der Waals surface area (Å²) in [5.74, 6) is -0.104. The van der Waals surface area contributed by atoms with Crippen LogP contribution in [0.3, 0.4) is 0 Å². The molecule has 2 aromatic rings. The summed E-state index contributed by atoms with van der Waals surface area (Å²) >= 11 is 11.7. The predicted octanol–water partition coefficient (Wildman–Crippen LogP) is 3.43. The first kappa shape index (κ1) is 16.7. The van der Waals surface area contributed by atoms with Gasteiger partial charge in [-0.3, -0.25) is 4.79 Å². The second-order valence-corrected chi connectivity index (χ2v) is 5.57. The van der Waals surface area contributed by atoms with Gasteiger partial charge in [0.05, 0.1) is 12.5 Å². The molecule has 0 aliphatic rings. The fraction of sp³-hybridized carbons (Fsp3) is 0.250. The van der Waals surface area contributed by atoms with Crippen molar-refractivity contribution >= 4 is 29.1 Å². The molecule has 1 heterocycles. The van der Waals surface area contributed by atoms with Crippen LogP contribution in [-0.2, 0) is 16.0 Å². The predicted molar refractivity (Wildman–Crippen MR) is 87.2 cm³/mol. The van der Waals surface area contributed by atoms with Crippen LogP contribution in [-0.4, -0.2) is 24.5 Å². The number of amides is 1. The summed E-state index contributed by atoms with van der Waals surface area (Å²) in [6.07, 6.45) is 1.59. The van der Waals surface area contributed by atoms with Gasteiger partial charge in [-0.15, -0.1) is 0 Å². The lowest BCUT2D eigenvalue weighted by Crippen LogP contribution is -2.30. The summed E-state index contributed by atoms with van der Waals surface area (Å²) in [7, 11) is 1.60. The summed E-state index contributed by atoms with van der Waals surface area (Å²) in [6, 6.07) is 10.8. The Kier molecular flexibility index (Phi) is 6.19. The molecule has 0 bridgehead atoms. The lowest BCUT2D eigenvalue weighted by molar-refractivity contribution is -0.121. The number of halogens is 2. The molecule has 1 atom stereocenters. The van der Waals surface area contributed by atoms with Crippen LogP contribution in [0.5, 0.6) is 0 Å². The molecule has 0 spiro atoms. The number of methoxy groups -OCH3 is 1. The van der Waals surface area contributed by atoms with Crippen LogP contribution in [0.15, 0.2) is 42.6 Å². The number of hydrogen-bond donors (Lipinski definition) is 1. The van der Waals surface area contributed by atoms with Crippen LogP contribution in [0.1, 0.15) is 17.2 Å². The molecule has 1 N–H and O–H groups in total. The van der Waals surface area contributed by atoms with Crippen molar-refractivity contribution in [2.75, 3.05) is 13.7 Å². The van der Waals surface area contributed by atoms with E-state index in [1.54, 1.807) is 31.5 Å². The number of carbonyl (C=O) groups excluding carboxylic acids is 1. The fourth-order valence-electron chi connectivity index (χ4n) is 2.01. The molecule has 0 saturated heterocycles. The highest BCUT2D eigenvalue weighted by molar-refractivity contribution is 6.30. The normalized spacial score (nSPS) is 12.0. The summed E-state index contributed by atoms with van der Waals surface area (Å²) in [6.45, 7) is 0.372. The first-order valence-electron chi connectivity index (χ1n) is 6.74. The lowest BCUT2D eigenvalue weighted by atomic mass is 10.1. The molecular formula is C16H16Cl2N2O2. The van der Waals surface area contributed by atoms with Gasteiger partial charge in [0, 0.05) is 24.9 Å². The Bertz CT molecular complexity index is 632. The van der Waals surface area contributed by atoms with Crippen molar-refractivity contribution < 1.29 is 9.53 Å². The molecule has 1 aromatic heterocycles. The zero-order valence-electron chi connectivity index (χ0n) is 12.1. The van der Waals surface area contributed by atoms with Crippen LogP contribution in [0.4, 0.5) is 0 Å². The number of nitrogens with one attached hydrogen (secondary N) is 1. The van der Waals surface area contributed by atoms with Gasteiger partial charge in [-0.05, 0) is 29.3 Å². The number of hydrogen-bond acceptors (Lipinski definition) is 3. The number of pyridine rings is 1. The first-order valence-corrected chi connectivity index (χ1v) is 7.49. The third kappa shape index (κ3) is 4.98. The van der Waals surface area contributed by atoms with Crippen LogP contribution in [0.2, 0.25) is 10.2 Å². The molecule has 0 fully saturated rings. The Morgan fingerprint density at radius 1 is 1.32 bits per heavy atom. The molecule has 1 amide bonds. The quantitative estimate of drug-likeness (QED) is 0.821. The number of carbonyl (C=O) groups is 1. The highest BCUT2D eigenvalue weighted by atomic mass is 35.5. The van der Waals surface area contributed by atoms with E-state index >= 15 is 0 Å². The maximum Gasteiger partial charge on any atom is 0.224 e. The van der Waals surface area contributed by atoms with E-state index in [0.29, 0.717) is 16.7 Å². The van der Waals surface area contributed by atoms with Crippen LogP contribution < -0.4 is 5.32 Å². The van der Waals surface area contributed by atoms with Gasteiger partial charge in [0.2, 0.25) is 5.91 Å². The molecule has 116 valence electrons. The van der Waals surface area contributed by atoms with Crippen LogP contribution >= 0.6 is 23.2 Å². The molecule has 0 saturated carbocycles. The van der Waals surface area contributed by atoms with Crippen molar-refractivity contribution in [3.05, 3.63) is 63.9 Å². The van der Waals surface area contributed by atoms with Crippen molar-refractivity contribution in [2.45, 2.75) is 12.5 Å². The molecule has 0 unspecified atom stereocenters. The van der Waals surface area contributed by atoms with Crippen molar-refractivity contribution in [3.8, 4) is 0 Å². The van der Waals surface area contributed by atoms with E-state index in [2.05, 4.69) is 10.3 Å². The molecular weight excluding hydrogens is 323 g/mol. The average molecular weight is 339 g/mol. The Morgan fingerprint density at radius 3 is 2.77 bits per heavy atom. The Hall–Kier alpha value is -1.62. The van der Waals surface area contributed by atoms with E-state index in [1.165, 1.54) is 0 Å². The second-order valence-electron chi connectivity index (χ2n) is 4.75. The van der Waals surface area contributed by atoms with Gasteiger partial charge in [0.1, 0.15) is 5.15 Å². The topological polar surface area (TPSA) is 51.2 Å². The minimum atomic E-state index is -0.244. The monoisotopic (exact) mass is 338 g/mol. The largest absolute Gasteiger partial charge is 0.375 e. The van der Waals surface area contributed by atoms with E-state index in [0.717, 1.165) is 11.1 Å². The zero-order chi connectivity index (χ0) is 15.9. The molecule has 0 aliphatic heterocycles. The minimum Gasteiger partial charge on any atom is -0.375 e. The minimum absolute atomic E-state index is 0.104. The Balaban J connectivity index is 1.90. The maximum atomic E-state index is 12.0. The Morgan fingerprint density at radius 2 is 2.14 bits per heavy atom. The highest BCUT2D eigenvalue weighted by Crippen LogP contribution is 2.19. The van der Waals surface area contributed by atoms with Crippen molar-refractivity contribution in [1.82, 2.24) is 10.3 Å². The molecule has 0 aliphatic carbocycles. The Labute approximate surface area is 139 Å². The van der Waals surface area contributed by atoms with Crippen LogP contribution in [0, 0.1) is 0 Å². The molecule has 1 aromatic carbocycles. The van der Waals surface area contributed by atoms with Gasteiger partial charge in [-0.2, -0.15) is 0 Å². The summed E-state index contributed by atoms with van der Waals surface area (Å²) in [4.78, 5) is 15.9. The van der Waals surface area contributed by atoms with Gasteiger partial charge in [-0.1, -0.05) is 41.4 Å². The average Bonchev–Trinajstić information content (AvgIpc) is 2.50. The van der Waals surface area contributed by atoms with Crippen molar-refractivity contribution in [1.29, 1.82) is 0 Å².